The zero-order valence-electron chi connectivity index (χ0n) is 10.9. The van der Waals surface area contributed by atoms with Crippen LogP contribution in [-0.4, -0.2) is 48.2 Å². The van der Waals surface area contributed by atoms with Crippen LogP contribution in [0.4, 0.5) is 5.82 Å². The molecule has 2 heterocycles. The van der Waals surface area contributed by atoms with E-state index in [9.17, 15) is 4.57 Å². The van der Waals surface area contributed by atoms with Crippen molar-refractivity contribution in [3.63, 3.8) is 0 Å². The van der Waals surface area contributed by atoms with Gasteiger partial charge in [0.25, 0.3) is 0 Å². The summed E-state index contributed by atoms with van der Waals surface area (Å²) in [5.41, 5.74) is 6.81. The average Bonchev–Trinajstić information content (AvgIpc) is 2.72. The van der Waals surface area contributed by atoms with E-state index in [4.69, 9.17) is 20.3 Å². The normalized spacial score (nSPS) is 13.8. The van der Waals surface area contributed by atoms with Crippen LogP contribution in [0.25, 0.3) is 11.2 Å². The first-order valence-electron chi connectivity index (χ1n) is 5.94. The maximum atomic E-state index is 10.7. The minimum absolute atomic E-state index is 0.00476. The largest absolute Gasteiger partial charge is 0.382 e. The summed E-state index contributed by atoms with van der Waals surface area (Å²) in [4.78, 5) is 29.6. The Balaban J connectivity index is 1.98. The first kappa shape index (κ1) is 14.9. The molecule has 0 saturated carbocycles. The third-order valence-electron chi connectivity index (χ3n) is 2.67. The molecule has 0 saturated heterocycles. The molecule has 0 spiro atoms. The van der Waals surface area contributed by atoms with Gasteiger partial charge >= 0.3 is 7.60 Å². The monoisotopic (exact) mass is 301 g/mol. The quantitative estimate of drug-likeness (QED) is 0.634. The predicted octanol–water partition coefficient (Wildman–Crippen LogP) is -0.00870. The molecule has 0 aliphatic carbocycles. The van der Waals surface area contributed by atoms with Gasteiger partial charge in [0.05, 0.1) is 31.7 Å². The SMILES string of the molecule is C[C@H](Cn1cnc2c(N)ncnc21)OCCP(=O)(O)O. The van der Waals surface area contributed by atoms with Gasteiger partial charge in [0.15, 0.2) is 11.5 Å². The van der Waals surface area contributed by atoms with Crippen molar-refractivity contribution in [1.82, 2.24) is 19.5 Å². The van der Waals surface area contributed by atoms with E-state index in [-0.39, 0.29) is 18.9 Å². The van der Waals surface area contributed by atoms with Gasteiger partial charge in [-0.15, -0.1) is 0 Å². The lowest BCUT2D eigenvalue weighted by Crippen LogP contribution is -2.18. The molecule has 2 aromatic rings. The Morgan fingerprint density at radius 1 is 1.45 bits per heavy atom. The van der Waals surface area contributed by atoms with Gasteiger partial charge in [-0.2, -0.15) is 0 Å². The van der Waals surface area contributed by atoms with Crippen molar-refractivity contribution in [2.75, 3.05) is 18.5 Å². The van der Waals surface area contributed by atoms with Gasteiger partial charge in [0, 0.05) is 0 Å². The molecule has 0 amide bonds. The van der Waals surface area contributed by atoms with Crippen molar-refractivity contribution in [3.05, 3.63) is 12.7 Å². The summed E-state index contributed by atoms with van der Waals surface area (Å²) >= 11 is 0. The van der Waals surface area contributed by atoms with Gasteiger partial charge in [0.2, 0.25) is 0 Å². The van der Waals surface area contributed by atoms with Crippen LogP contribution in [0.15, 0.2) is 12.7 Å². The van der Waals surface area contributed by atoms with Crippen LogP contribution in [0.5, 0.6) is 0 Å². The first-order chi connectivity index (χ1) is 9.37. The molecule has 2 rings (SSSR count). The number of rotatable bonds is 6. The molecule has 0 unspecified atom stereocenters. The minimum Gasteiger partial charge on any atom is -0.382 e. The van der Waals surface area contributed by atoms with Crippen molar-refractivity contribution in [3.8, 4) is 0 Å². The minimum atomic E-state index is -4.02. The Morgan fingerprint density at radius 2 is 2.20 bits per heavy atom. The van der Waals surface area contributed by atoms with Crippen LogP contribution in [-0.2, 0) is 15.8 Å². The zero-order chi connectivity index (χ0) is 14.8. The lowest BCUT2D eigenvalue weighted by molar-refractivity contribution is 0.0640. The summed E-state index contributed by atoms with van der Waals surface area (Å²) in [7, 11) is -4.02. The van der Waals surface area contributed by atoms with E-state index < -0.39 is 7.60 Å². The van der Waals surface area contributed by atoms with Crippen LogP contribution < -0.4 is 5.73 Å². The third kappa shape index (κ3) is 3.73. The molecule has 110 valence electrons. The molecule has 0 aromatic carbocycles. The summed E-state index contributed by atoms with van der Waals surface area (Å²) < 4.78 is 17.8. The molecular weight excluding hydrogens is 285 g/mol. The summed E-state index contributed by atoms with van der Waals surface area (Å²) in [6, 6.07) is 0. The maximum absolute atomic E-state index is 10.7. The van der Waals surface area contributed by atoms with E-state index in [1.165, 1.54) is 6.33 Å². The predicted molar refractivity (Wildman–Crippen MR) is 72.1 cm³/mol. The number of ether oxygens (including phenoxy) is 1. The zero-order valence-corrected chi connectivity index (χ0v) is 11.8. The summed E-state index contributed by atoms with van der Waals surface area (Å²) in [6.07, 6.45) is 2.40. The van der Waals surface area contributed by atoms with E-state index in [1.807, 2.05) is 0 Å². The molecule has 0 fully saturated rings. The number of anilines is 1. The van der Waals surface area contributed by atoms with Crippen LogP contribution in [0, 0.1) is 0 Å². The first-order valence-corrected chi connectivity index (χ1v) is 7.74. The van der Waals surface area contributed by atoms with E-state index in [1.54, 1.807) is 17.8 Å². The van der Waals surface area contributed by atoms with Crippen LogP contribution >= 0.6 is 7.60 Å². The van der Waals surface area contributed by atoms with Gasteiger partial charge in [0.1, 0.15) is 11.8 Å². The molecular formula is C10H16N5O4P. The van der Waals surface area contributed by atoms with Gasteiger partial charge in [-0.3, -0.25) is 4.57 Å². The fourth-order valence-corrected chi connectivity index (χ4v) is 2.08. The number of hydrogen-bond acceptors (Lipinski definition) is 6. The van der Waals surface area contributed by atoms with E-state index in [0.717, 1.165) is 0 Å². The second-order valence-electron chi connectivity index (χ2n) is 4.40. The third-order valence-corrected chi connectivity index (χ3v) is 3.43. The smallest absolute Gasteiger partial charge is 0.327 e. The number of imidazole rings is 1. The molecule has 1 atom stereocenters. The number of nitrogen functional groups attached to an aromatic ring is 1. The Bertz CT molecular complexity index is 640. The van der Waals surface area contributed by atoms with Gasteiger partial charge in [-0.05, 0) is 6.92 Å². The van der Waals surface area contributed by atoms with Crippen LogP contribution in [0.2, 0.25) is 0 Å². The second-order valence-corrected chi connectivity index (χ2v) is 6.17. The molecule has 0 aliphatic rings. The van der Waals surface area contributed by atoms with E-state index >= 15 is 0 Å². The van der Waals surface area contributed by atoms with E-state index in [2.05, 4.69) is 15.0 Å². The fourth-order valence-electron chi connectivity index (χ4n) is 1.73. The number of nitrogens with two attached hydrogens (primary N) is 1. The van der Waals surface area contributed by atoms with Crippen molar-refractivity contribution in [1.29, 1.82) is 0 Å². The Kier molecular flexibility index (Phi) is 4.34. The molecule has 20 heavy (non-hydrogen) atoms. The van der Waals surface area contributed by atoms with Crippen molar-refractivity contribution < 1.29 is 19.1 Å². The molecule has 4 N–H and O–H groups in total. The number of hydrogen-bond donors (Lipinski definition) is 3. The van der Waals surface area contributed by atoms with Gasteiger partial charge < -0.3 is 24.8 Å². The summed E-state index contributed by atoms with van der Waals surface area (Å²) in [6.45, 7) is 2.25. The molecule has 0 bridgehead atoms. The second kappa shape index (κ2) is 5.84. The highest BCUT2D eigenvalue weighted by molar-refractivity contribution is 7.51. The topological polar surface area (TPSA) is 136 Å². The lowest BCUT2D eigenvalue weighted by atomic mass is 10.4. The number of aromatic nitrogens is 4. The lowest BCUT2D eigenvalue weighted by Gasteiger charge is -2.14. The number of nitrogens with zero attached hydrogens (tertiary/aromatic N) is 4. The maximum Gasteiger partial charge on any atom is 0.327 e. The molecule has 2 aromatic heterocycles. The number of fused-ring (bicyclic) bond motifs is 1. The average molecular weight is 301 g/mol. The van der Waals surface area contributed by atoms with Crippen molar-refractivity contribution in [2.24, 2.45) is 0 Å². The summed E-state index contributed by atoms with van der Waals surface area (Å²) in [5.74, 6) is 0.309. The fraction of sp³-hybridized carbons (Fsp3) is 0.500. The highest BCUT2D eigenvalue weighted by Crippen LogP contribution is 2.33. The van der Waals surface area contributed by atoms with Crippen LogP contribution in [0.3, 0.4) is 0 Å². The molecule has 0 radical (unpaired) electrons. The Labute approximate surface area is 115 Å². The van der Waals surface area contributed by atoms with Gasteiger partial charge in [-0.25, -0.2) is 15.0 Å². The summed E-state index contributed by atoms with van der Waals surface area (Å²) in [5, 5.41) is 0. The Morgan fingerprint density at radius 3 is 2.90 bits per heavy atom. The highest BCUT2D eigenvalue weighted by Gasteiger charge is 2.15. The molecule has 9 nitrogen and oxygen atoms in total. The van der Waals surface area contributed by atoms with Gasteiger partial charge in [-0.1, -0.05) is 0 Å². The van der Waals surface area contributed by atoms with Crippen LogP contribution in [0.1, 0.15) is 6.92 Å². The Hall–Kier alpha value is -1.54. The van der Waals surface area contributed by atoms with E-state index in [0.29, 0.717) is 23.5 Å². The highest BCUT2D eigenvalue weighted by atomic mass is 31.2. The van der Waals surface area contributed by atoms with Crippen molar-refractivity contribution >= 4 is 24.6 Å². The molecule has 10 heteroatoms. The molecule has 0 aliphatic heterocycles. The van der Waals surface area contributed by atoms with Crippen molar-refractivity contribution in [2.45, 2.75) is 19.6 Å². The standard InChI is InChI=1S/C10H16N5O4P/c1-7(19-2-3-20(16,17)18)4-15-6-14-8-9(11)12-5-13-10(8)15/h5-7H,2-4H2,1H3,(H2,11,12,13)(H2,16,17,18)/t7-/m1/s1.